The van der Waals surface area contributed by atoms with Crippen LogP contribution < -0.4 is 20.1 Å². The second-order valence-electron chi connectivity index (χ2n) is 11.5. The number of benzene rings is 2. The van der Waals surface area contributed by atoms with E-state index >= 15 is 0 Å². The number of ether oxygens (including phenoxy) is 2. The summed E-state index contributed by atoms with van der Waals surface area (Å²) in [4.78, 5) is 44.4. The van der Waals surface area contributed by atoms with E-state index in [2.05, 4.69) is 35.4 Å². The molecule has 47 heavy (non-hydrogen) atoms. The molecule has 11 nitrogen and oxygen atoms in total. The number of pyridine rings is 3. The van der Waals surface area contributed by atoms with E-state index in [0.717, 1.165) is 36.7 Å². The van der Waals surface area contributed by atoms with Crippen LogP contribution in [0, 0.1) is 0 Å². The van der Waals surface area contributed by atoms with Gasteiger partial charge in [0.05, 0.1) is 24.2 Å². The maximum Gasteiger partial charge on any atom is 0.275 e. The van der Waals surface area contributed by atoms with Crippen molar-refractivity contribution in [2.24, 2.45) is 0 Å². The Hall–Kier alpha value is -4.84. The van der Waals surface area contributed by atoms with E-state index in [1.54, 1.807) is 12.1 Å². The standard InChI is InChI=1S/C35H38ClN7O4/c1-42(2)15-9-17-46-30-21-32(38-26-13-7-5-11-24(26)30)40-34(44)28-19-23(36)20-29(37-28)35(45)41-33-22-31(47-18-10-16-43(3)4)25-12-6-8-14-27(25)39-33/h5-8,11-14,19-22H,9-10,15-18H2,1-4H3,(H,38,40,44)(H,39,41,45). The van der Waals surface area contributed by atoms with Gasteiger partial charge >= 0.3 is 0 Å². The molecule has 2 aromatic carbocycles. The van der Waals surface area contributed by atoms with Gasteiger partial charge in [0, 0.05) is 41.0 Å². The lowest BCUT2D eigenvalue weighted by Gasteiger charge is -2.14. The minimum Gasteiger partial charge on any atom is -0.493 e. The van der Waals surface area contributed by atoms with Gasteiger partial charge in [0.2, 0.25) is 0 Å². The second-order valence-corrected chi connectivity index (χ2v) is 12.0. The molecule has 0 radical (unpaired) electrons. The Labute approximate surface area is 278 Å². The van der Waals surface area contributed by atoms with E-state index in [0.29, 0.717) is 35.7 Å². The van der Waals surface area contributed by atoms with Crippen molar-refractivity contribution in [3.63, 3.8) is 0 Å². The van der Waals surface area contributed by atoms with Gasteiger partial charge in [0.1, 0.15) is 34.5 Å². The van der Waals surface area contributed by atoms with Crippen LogP contribution in [0.25, 0.3) is 21.8 Å². The largest absolute Gasteiger partial charge is 0.493 e. The van der Waals surface area contributed by atoms with Crippen LogP contribution in [0.5, 0.6) is 11.5 Å². The summed E-state index contributed by atoms with van der Waals surface area (Å²) >= 11 is 6.36. The number of rotatable bonds is 14. The fraction of sp³-hybridized carbons (Fsp3) is 0.286. The zero-order chi connectivity index (χ0) is 33.3. The van der Waals surface area contributed by atoms with Gasteiger partial charge in [0.15, 0.2) is 0 Å². The van der Waals surface area contributed by atoms with Gasteiger partial charge in [-0.05, 0) is 77.4 Å². The van der Waals surface area contributed by atoms with Gasteiger partial charge in [-0.3, -0.25) is 9.59 Å². The van der Waals surface area contributed by atoms with E-state index in [4.69, 9.17) is 21.1 Å². The summed E-state index contributed by atoms with van der Waals surface area (Å²) in [5.41, 5.74) is 1.22. The van der Waals surface area contributed by atoms with Crippen molar-refractivity contribution in [3.8, 4) is 11.5 Å². The van der Waals surface area contributed by atoms with Crippen molar-refractivity contribution in [2.45, 2.75) is 12.8 Å². The van der Waals surface area contributed by atoms with Gasteiger partial charge < -0.3 is 29.9 Å². The number of carbonyl (C=O) groups excluding carboxylic acids is 2. The van der Waals surface area contributed by atoms with Gasteiger partial charge in [-0.2, -0.15) is 0 Å². The first-order valence-corrected chi connectivity index (χ1v) is 15.7. The Bertz CT molecular complexity index is 1750. The summed E-state index contributed by atoms with van der Waals surface area (Å²) in [6, 6.07) is 21.2. The van der Waals surface area contributed by atoms with Crippen molar-refractivity contribution in [2.75, 3.05) is 65.1 Å². The maximum atomic E-state index is 13.4. The molecule has 0 saturated carbocycles. The van der Waals surface area contributed by atoms with E-state index < -0.39 is 11.8 Å². The molecule has 0 atom stereocenters. The van der Waals surface area contributed by atoms with Crippen LogP contribution in [0.4, 0.5) is 11.6 Å². The molecule has 0 aliphatic rings. The number of halogens is 1. The van der Waals surface area contributed by atoms with Crippen LogP contribution in [0.15, 0.2) is 72.8 Å². The summed E-state index contributed by atoms with van der Waals surface area (Å²) in [6.45, 7) is 2.77. The van der Waals surface area contributed by atoms with Crippen molar-refractivity contribution in [1.82, 2.24) is 24.8 Å². The summed E-state index contributed by atoms with van der Waals surface area (Å²) < 4.78 is 12.1. The number of aromatic nitrogens is 3. The summed E-state index contributed by atoms with van der Waals surface area (Å²) in [5, 5.41) is 7.39. The molecule has 5 rings (SSSR count). The summed E-state index contributed by atoms with van der Waals surface area (Å²) in [6.07, 6.45) is 1.67. The van der Waals surface area contributed by atoms with E-state index in [1.165, 1.54) is 12.1 Å². The molecule has 3 heterocycles. The van der Waals surface area contributed by atoms with Gasteiger partial charge in [-0.25, -0.2) is 15.0 Å². The minimum absolute atomic E-state index is 0.0533. The van der Waals surface area contributed by atoms with E-state index in [1.807, 2.05) is 76.7 Å². The predicted octanol–water partition coefficient (Wildman–Crippen LogP) is 6.00. The lowest BCUT2D eigenvalue weighted by Crippen LogP contribution is -2.20. The summed E-state index contributed by atoms with van der Waals surface area (Å²) in [5.74, 6) is 0.603. The third kappa shape index (κ3) is 9.13. The highest BCUT2D eigenvalue weighted by atomic mass is 35.5. The molecule has 0 aliphatic carbocycles. The first-order valence-electron chi connectivity index (χ1n) is 15.3. The zero-order valence-electron chi connectivity index (χ0n) is 26.9. The predicted molar refractivity (Wildman–Crippen MR) is 186 cm³/mol. The molecule has 0 aliphatic heterocycles. The first-order chi connectivity index (χ1) is 22.7. The number of para-hydroxylation sites is 2. The average Bonchev–Trinajstić information content (AvgIpc) is 3.04. The van der Waals surface area contributed by atoms with Crippen molar-refractivity contribution in [3.05, 3.63) is 89.2 Å². The Morgan fingerprint density at radius 2 is 1.09 bits per heavy atom. The van der Waals surface area contributed by atoms with Crippen LogP contribution in [0.3, 0.4) is 0 Å². The van der Waals surface area contributed by atoms with Crippen LogP contribution in [0.1, 0.15) is 33.8 Å². The molecular formula is C35H38ClN7O4. The highest BCUT2D eigenvalue weighted by molar-refractivity contribution is 6.31. The maximum absolute atomic E-state index is 13.4. The Balaban J connectivity index is 1.33. The fourth-order valence-electron chi connectivity index (χ4n) is 4.87. The number of nitrogens with one attached hydrogen (secondary N) is 2. The quantitative estimate of drug-likeness (QED) is 0.139. The van der Waals surface area contributed by atoms with Gasteiger partial charge in [0.25, 0.3) is 11.8 Å². The average molecular weight is 656 g/mol. The van der Waals surface area contributed by atoms with Gasteiger partial charge in [-0.15, -0.1) is 0 Å². The number of amides is 2. The van der Waals surface area contributed by atoms with Crippen LogP contribution >= 0.6 is 11.6 Å². The molecule has 2 amide bonds. The Morgan fingerprint density at radius 3 is 1.51 bits per heavy atom. The number of fused-ring (bicyclic) bond motifs is 2. The molecule has 0 spiro atoms. The lowest BCUT2D eigenvalue weighted by molar-refractivity contribution is 0.101. The van der Waals surface area contributed by atoms with Crippen LogP contribution in [-0.4, -0.2) is 91.1 Å². The monoisotopic (exact) mass is 655 g/mol. The molecule has 244 valence electrons. The van der Waals surface area contributed by atoms with Crippen molar-refractivity contribution >= 4 is 56.9 Å². The van der Waals surface area contributed by atoms with Crippen molar-refractivity contribution in [1.29, 1.82) is 0 Å². The minimum atomic E-state index is -0.583. The number of hydrogen-bond acceptors (Lipinski definition) is 9. The number of carbonyl (C=O) groups is 2. The smallest absolute Gasteiger partial charge is 0.275 e. The molecule has 12 heteroatoms. The Morgan fingerprint density at radius 1 is 0.660 bits per heavy atom. The molecule has 2 N–H and O–H groups in total. The number of hydrogen-bond donors (Lipinski definition) is 2. The molecule has 0 fully saturated rings. The fourth-order valence-corrected chi connectivity index (χ4v) is 5.08. The normalized spacial score (nSPS) is 11.3. The molecule has 0 unspecified atom stereocenters. The van der Waals surface area contributed by atoms with Crippen LogP contribution in [-0.2, 0) is 0 Å². The zero-order valence-corrected chi connectivity index (χ0v) is 27.7. The van der Waals surface area contributed by atoms with Crippen LogP contribution in [0.2, 0.25) is 5.02 Å². The third-order valence-corrected chi connectivity index (χ3v) is 7.33. The molecule has 0 saturated heterocycles. The highest BCUT2D eigenvalue weighted by Gasteiger charge is 2.18. The lowest BCUT2D eigenvalue weighted by atomic mass is 10.2. The number of anilines is 2. The number of nitrogens with zero attached hydrogens (tertiary/aromatic N) is 5. The first kappa shape index (κ1) is 33.5. The SMILES string of the molecule is CN(C)CCCOc1cc(NC(=O)c2cc(Cl)cc(C(=O)Nc3cc(OCCCN(C)C)c4ccccc4n3)n2)nc2ccccc12. The van der Waals surface area contributed by atoms with Crippen molar-refractivity contribution < 1.29 is 19.1 Å². The molecule has 3 aromatic heterocycles. The molecule has 0 bridgehead atoms. The second kappa shape index (κ2) is 15.6. The highest BCUT2D eigenvalue weighted by Crippen LogP contribution is 2.29. The van der Waals surface area contributed by atoms with E-state index in [-0.39, 0.29) is 28.0 Å². The molecule has 5 aromatic rings. The molecular weight excluding hydrogens is 618 g/mol. The topological polar surface area (TPSA) is 122 Å². The van der Waals surface area contributed by atoms with Gasteiger partial charge in [-0.1, -0.05) is 35.9 Å². The van der Waals surface area contributed by atoms with E-state index in [9.17, 15) is 9.59 Å². The third-order valence-electron chi connectivity index (χ3n) is 7.11. The Kier molecular flexibility index (Phi) is 11.2. The summed E-state index contributed by atoms with van der Waals surface area (Å²) in [7, 11) is 8.04.